The van der Waals surface area contributed by atoms with E-state index in [1.165, 1.54) is 6.08 Å². The van der Waals surface area contributed by atoms with Crippen molar-refractivity contribution < 1.29 is 33.3 Å². The Bertz CT molecular complexity index is 1270. The number of hydrogen-bond donors (Lipinski definition) is 0. The van der Waals surface area contributed by atoms with E-state index in [0.29, 0.717) is 53.6 Å². The lowest BCUT2D eigenvalue weighted by atomic mass is 9.93. The molecular formula is C35H48O7. The number of carbonyl (C=O) groups excluding carboxylic acids is 3. The number of ketones is 1. The highest BCUT2D eigenvalue weighted by molar-refractivity contribution is 6.07. The number of rotatable bonds is 13. The minimum Gasteiger partial charge on any atom is -0.496 e. The highest BCUT2D eigenvalue weighted by Gasteiger charge is 2.30. The number of methoxy groups -OCH3 is 1. The summed E-state index contributed by atoms with van der Waals surface area (Å²) in [6, 6.07) is 6.43. The van der Waals surface area contributed by atoms with Gasteiger partial charge in [-0.3, -0.25) is 14.4 Å². The maximum absolute atomic E-state index is 13.3. The highest BCUT2D eigenvalue weighted by Crippen LogP contribution is 2.46. The molecule has 0 spiro atoms. The van der Waals surface area contributed by atoms with Gasteiger partial charge in [0.2, 0.25) is 0 Å². The molecule has 0 aliphatic rings. The van der Waals surface area contributed by atoms with Crippen molar-refractivity contribution in [2.45, 2.75) is 94.4 Å². The predicted octanol–water partition coefficient (Wildman–Crippen LogP) is 8.19. The average molecular weight is 581 g/mol. The Hall–Kier alpha value is -3.61. The summed E-state index contributed by atoms with van der Waals surface area (Å²) in [5.74, 6) is 0.921. The Morgan fingerprint density at radius 1 is 0.714 bits per heavy atom. The first kappa shape index (κ1) is 34.6. The summed E-state index contributed by atoms with van der Waals surface area (Å²) in [7, 11) is 1.62. The topological polar surface area (TPSA) is 88.1 Å². The predicted molar refractivity (Wildman–Crippen MR) is 167 cm³/mol. The molecule has 2 rings (SSSR count). The van der Waals surface area contributed by atoms with Crippen LogP contribution in [0, 0.1) is 10.8 Å². The smallest absolute Gasteiger partial charge is 0.316 e. The molecule has 0 radical (unpaired) electrons. The SMILES string of the molecule is CCCOc1c(C=CC(=O)c2ccc(OC(=O)C(C)(C)C)cc2)c(OC(=O)C(C)(C)C)c(CCC)c(OC)c1CCC. The van der Waals surface area contributed by atoms with Gasteiger partial charge in [0, 0.05) is 16.7 Å². The van der Waals surface area contributed by atoms with Crippen molar-refractivity contribution in [2.24, 2.45) is 10.8 Å². The molecule has 0 aliphatic carbocycles. The first-order chi connectivity index (χ1) is 19.7. The fourth-order valence-electron chi connectivity index (χ4n) is 4.10. The molecule has 230 valence electrons. The molecule has 2 aromatic rings. The largest absolute Gasteiger partial charge is 0.496 e. The van der Waals surface area contributed by atoms with Crippen LogP contribution in [0.5, 0.6) is 23.0 Å². The van der Waals surface area contributed by atoms with Crippen molar-refractivity contribution in [3.8, 4) is 23.0 Å². The molecule has 7 nitrogen and oxygen atoms in total. The maximum atomic E-state index is 13.3. The lowest BCUT2D eigenvalue weighted by molar-refractivity contribution is -0.143. The summed E-state index contributed by atoms with van der Waals surface area (Å²) in [6.07, 6.45) is 6.85. The molecule has 0 fully saturated rings. The molecule has 0 aromatic heterocycles. The van der Waals surface area contributed by atoms with Crippen molar-refractivity contribution in [1.82, 2.24) is 0 Å². The van der Waals surface area contributed by atoms with Gasteiger partial charge in [-0.05, 0) is 97.2 Å². The van der Waals surface area contributed by atoms with Gasteiger partial charge in [-0.25, -0.2) is 0 Å². The average Bonchev–Trinajstić information content (AvgIpc) is 2.92. The number of allylic oxidation sites excluding steroid dienone is 1. The van der Waals surface area contributed by atoms with E-state index >= 15 is 0 Å². The van der Waals surface area contributed by atoms with Crippen LogP contribution >= 0.6 is 0 Å². The fourth-order valence-corrected chi connectivity index (χ4v) is 4.10. The zero-order chi connectivity index (χ0) is 31.7. The summed E-state index contributed by atoms with van der Waals surface area (Å²) < 4.78 is 23.7. The number of carbonyl (C=O) groups is 3. The summed E-state index contributed by atoms with van der Waals surface area (Å²) >= 11 is 0. The van der Waals surface area contributed by atoms with Gasteiger partial charge in [0.15, 0.2) is 5.78 Å². The van der Waals surface area contributed by atoms with E-state index < -0.39 is 16.8 Å². The molecule has 0 amide bonds. The number of benzene rings is 2. The number of hydrogen-bond acceptors (Lipinski definition) is 7. The van der Waals surface area contributed by atoms with Gasteiger partial charge < -0.3 is 18.9 Å². The van der Waals surface area contributed by atoms with Gasteiger partial charge >= 0.3 is 11.9 Å². The van der Waals surface area contributed by atoms with Crippen molar-refractivity contribution in [2.75, 3.05) is 13.7 Å². The van der Waals surface area contributed by atoms with Gasteiger partial charge in [0.05, 0.1) is 30.1 Å². The van der Waals surface area contributed by atoms with Gasteiger partial charge in [-0.1, -0.05) is 33.6 Å². The van der Waals surface area contributed by atoms with Crippen LogP contribution in [0.4, 0.5) is 0 Å². The molecular weight excluding hydrogens is 532 g/mol. The molecule has 0 saturated heterocycles. The Labute approximate surface area is 251 Å². The first-order valence-electron chi connectivity index (χ1n) is 14.8. The van der Waals surface area contributed by atoms with Gasteiger partial charge in [0.25, 0.3) is 0 Å². The van der Waals surface area contributed by atoms with Crippen LogP contribution in [0.25, 0.3) is 6.08 Å². The second kappa shape index (κ2) is 15.0. The minimum atomic E-state index is -0.752. The minimum absolute atomic E-state index is 0.261. The van der Waals surface area contributed by atoms with Crippen molar-refractivity contribution >= 4 is 23.8 Å². The summed E-state index contributed by atoms with van der Waals surface area (Å²) in [4.78, 5) is 38.7. The van der Waals surface area contributed by atoms with E-state index in [0.717, 1.165) is 30.4 Å². The third kappa shape index (κ3) is 8.94. The van der Waals surface area contributed by atoms with Gasteiger partial charge in [0.1, 0.15) is 23.0 Å². The lowest BCUT2D eigenvalue weighted by Gasteiger charge is -2.25. The zero-order valence-corrected chi connectivity index (χ0v) is 27.1. The molecule has 0 aliphatic heterocycles. The summed E-state index contributed by atoms with van der Waals surface area (Å²) in [5, 5.41) is 0. The van der Waals surface area contributed by atoms with Crippen molar-refractivity contribution in [3.05, 3.63) is 52.6 Å². The Balaban J connectivity index is 2.69. The molecule has 2 aromatic carbocycles. The third-order valence-corrected chi connectivity index (χ3v) is 6.41. The molecule has 7 heteroatoms. The molecule has 0 atom stereocenters. The van der Waals surface area contributed by atoms with Gasteiger partial charge in [-0.2, -0.15) is 0 Å². The highest BCUT2D eigenvalue weighted by atomic mass is 16.5. The van der Waals surface area contributed by atoms with Crippen LogP contribution in [-0.2, 0) is 22.4 Å². The summed E-state index contributed by atoms with van der Waals surface area (Å²) in [6.45, 7) is 17.3. The first-order valence-corrected chi connectivity index (χ1v) is 14.8. The molecule has 0 unspecified atom stereocenters. The molecule has 0 N–H and O–H groups in total. The van der Waals surface area contributed by atoms with E-state index in [-0.39, 0.29) is 11.8 Å². The molecule has 0 bridgehead atoms. The summed E-state index contributed by atoms with van der Waals surface area (Å²) in [5.41, 5.74) is 1.24. The fraction of sp³-hybridized carbons (Fsp3) is 0.514. The Morgan fingerprint density at radius 3 is 1.71 bits per heavy atom. The Kier molecular flexibility index (Phi) is 12.4. The van der Waals surface area contributed by atoms with Crippen LogP contribution in [-0.4, -0.2) is 31.4 Å². The Morgan fingerprint density at radius 2 is 1.24 bits per heavy atom. The zero-order valence-electron chi connectivity index (χ0n) is 27.1. The third-order valence-electron chi connectivity index (χ3n) is 6.41. The van der Waals surface area contributed by atoms with E-state index in [9.17, 15) is 14.4 Å². The van der Waals surface area contributed by atoms with Crippen LogP contribution < -0.4 is 18.9 Å². The number of ether oxygens (including phenoxy) is 4. The normalized spacial score (nSPS) is 11.9. The van der Waals surface area contributed by atoms with E-state index in [4.69, 9.17) is 18.9 Å². The maximum Gasteiger partial charge on any atom is 0.316 e. The van der Waals surface area contributed by atoms with Gasteiger partial charge in [-0.15, -0.1) is 0 Å². The van der Waals surface area contributed by atoms with Crippen molar-refractivity contribution in [3.63, 3.8) is 0 Å². The standard InChI is InChI=1S/C35H48O7/c1-11-14-25-29(39-10)26(15-12-2)31(42-33(38)35(7,8)9)27(30(25)40-22-13-3)20-21-28(36)23-16-18-24(19-17-23)41-32(37)34(4,5)6/h16-21H,11-15,22H2,1-10H3. The van der Waals surface area contributed by atoms with E-state index in [1.54, 1.807) is 79.0 Å². The molecule has 42 heavy (non-hydrogen) atoms. The van der Waals surface area contributed by atoms with Crippen molar-refractivity contribution in [1.29, 1.82) is 0 Å². The van der Waals surface area contributed by atoms with Crippen LogP contribution in [0.3, 0.4) is 0 Å². The number of esters is 2. The van der Waals surface area contributed by atoms with E-state index in [2.05, 4.69) is 13.8 Å². The van der Waals surface area contributed by atoms with E-state index in [1.807, 2.05) is 6.92 Å². The van der Waals surface area contributed by atoms with Crippen LogP contribution in [0.2, 0.25) is 0 Å². The monoisotopic (exact) mass is 580 g/mol. The van der Waals surface area contributed by atoms with Crippen LogP contribution in [0.1, 0.15) is 109 Å². The quantitative estimate of drug-likeness (QED) is 0.102. The second-order valence-corrected chi connectivity index (χ2v) is 12.4. The molecule has 0 heterocycles. The second-order valence-electron chi connectivity index (χ2n) is 12.4. The lowest BCUT2D eigenvalue weighted by Crippen LogP contribution is -2.26. The molecule has 0 saturated carbocycles. The van der Waals surface area contributed by atoms with Crippen LogP contribution in [0.15, 0.2) is 30.3 Å².